The lowest BCUT2D eigenvalue weighted by Crippen LogP contribution is -2.52. The van der Waals surface area contributed by atoms with Crippen LogP contribution in [0.2, 0.25) is 0 Å². The number of likely N-dealkylation sites (N-methyl/N-ethyl adjacent to an activating group) is 1. The lowest BCUT2D eigenvalue weighted by atomic mass is 9.85. The van der Waals surface area contributed by atoms with E-state index in [1.54, 1.807) is 0 Å². The molecule has 0 saturated heterocycles. The Balaban J connectivity index is 3.06. The fourth-order valence-corrected chi connectivity index (χ4v) is 3.48. The number of nitrogens with one attached hydrogen (secondary N) is 1. The molecule has 0 fully saturated rings. The third-order valence-corrected chi connectivity index (χ3v) is 5.30. The van der Waals surface area contributed by atoms with Crippen molar-refractivity contribution in [1.82, 2.24) is 15.1 Å². The van der Waals surface area contributed by atoms with Crippen molar-refractivity contribution >= 4 is 15.9 Å². The Morgan fingerprint density at radius 3 is 2.30 bits per heavy atom. The highest BCUT2D eigenvalue weighted by Crippen LogP contribution is 2.30. The minimum atomic E-state index is -0.124. The van der Waals surface area contributed by atoms with Gasteiger partial charge in [-0.05, 0) is 49.7 Å². The van der Waals surface area contributed by atoms with Gasteiger partial charge in [0.25, 0.3) is 0 Å². The number of hydrogen-bond donors (Lipinski definition) is 1. The quantitative estimate of drug-likeness (QED) is 0.786. The van der Waals surface area contributed by atoms with E-state index in [1.165, 1.54) is 5.69 Å². The first-order valence-electron chi connectivity index (χ1n) is 7.44. The maximum Gasteiger partial charge on any atom is 0.0833 e. The SMILES string of the molecule is CCOC(CC)(CC)C(Cc1c(Br)c(C)nn1C)NC. The van der Waals surface area contributed by atoms with Crippen molar-refractivity contribution in [3.63, 3.8) is 0 Å². The second kappa shape index (κ2) is 7.57. The van der Waals surface area contributed by atoms with E-state index >= 15 is 0 Å². The molecule has 0 aliphatic carbocycles. The van der Waals surface area contributed by atoms with Crippen molar-refractivity contribution in [2.75, 3.05) is 13.7 Å². The number of nitrogens with zero attached hydrogens (tertiary/aromatic N) is 2. The van der Waals surface area contributed by atoms with Crippen LogP contribution < -0.4 is 5.32 Å². The topological polar surface area (TPSA) is 39.1 Å². The largest absolute Gasteiger partial charge is 0.374 e. The van der Waals surface area contributed by atoms with Crippen molar-refractivity contribution < 1.29 is 4.74 Å². The summed E-state index contributed by atoms with van der Waals surface area (Å²) in [4.78, 5) is 0. The summed E-state index contributed by atoms with van der Waals surface area (Å²) in [5.41, 5.74) is 2.13. The van der Waals surface area contributed by atoms with Crippen LogP contribution >= 0.6 is 15.9 Å². The van der Waals surface area contributed by atoms with Crippen molar-refractivity contribution in [3.05, 3.63) is 15.9 Å². The molecular formula is C15H28BrN3O. The van der Waals surface area contributed by atoms with Crippen molar-refractivity contribution in [1.29, 1.82) is 0 Å². The number of halogens is 1. The van der Waals surface area contributed by atoms with Crippen LogP contribution in [0.5, 0.6) is 0 Å². The number of aromatic nitrogens is 2. The first-order valence-corrected chi connectivity index (χ1v) is 8.24. The van der Waals surface area contributed by atoms with Crippen LogP contribution in [0.1, 0.15) is 45.0 Å². The van der Waals surface area contributed by atoms with Crippen LogP contribution in [0.4, 0.5) is 0 Å². The molecule has 0 bridgehead atoms. The fourth-order valence-electron chi connectivity index (χ4n) is 2.98. The Morgan fingerprint density at radius 1 is 1.35 bits per heavy atom. The number of aryl methyl sites for hydroxylation is 2. The van der Waals surface area contributed by atoms with Crippen LogP contribution in [-0.4, -0.2) is 35.1 Å². The lowest BCUT2D eigenvalue weighted by molar-refractivity contribution is -0.0707. The van der Waals surface area contributed by atoms with Crippen LogP contribution in [0.3, 0.4) is 0 Å². The van der Waals surface area contributed by atoms with E-state index in [1.807, 2.05) is 25.7 Å². The monoisotopic (exact) mass is 345 g/mol. The molecule has 1 atom stereocenters. The Hall–Kier alpha value is -0.390. The van der Waals surface area contributed by atoms with Gasteiger partial charge in [0.15, 0.2) is 0 Å². The van der Waals surface area contributed by atoms with E-state index in [9.17, 15) is 0 Å². The van der Waals surface area contributed by atoms with E-state index in [4.69, 9.17) is 4.74 Å². The Kier molecular flexibility index (Phi) is 6.69. The average molecular weight is 346 g/mol. The molecule has 0 aromatic carbocycles. The summed E-state index contributed by atoms with van der Waals surface area (Å²) in [5, 5.41) is 7.93. The summed E-state index contributed by atoms with van der Waals surface area (Å²) in [6, 6.07) is 0.267. The van der Waals surface area contributed by atoms with Crippen molar-refractivity contribution in [2.45, 2.75) is 58.6 Å². The Bertz CT molecular complexity index is 427. The molecule has 0 radical (unpaired) electrons. The van der Waals surface area contributed by atoms with E-state index in [0.29, 0.717) is 0 Å². The zero-order valence-corrected chi connectivity index (χ0v) is 15.2. The predicted molar refractivity (Wildman–Crippen MR) is 87.1 cm³/mol. The highest BCUT2D eigenvalue weighted by Gasteiger charge is 2.36. The summed E-state index contributed by atoms with van der Waals surface area (Å²) in [6.45, 7) is 9.24. The van der Waals surface area contributed by atoms with Gasteiger partial charge in [-0.2, -0.15) is 5.10 Å². The molecule has 0 aliphatic rings. The smallest absolute Gasteiger partial charge is 0.0833 e. The van der Waals surface area contributed by atoms with Gasteiger partial charge in [0.1, 0.15) is 0 Å². The molecule has 116 valence electrons. The maximum atomic E-state index is 6.13. The zero-order chi connectivity index (χ0) is 15.3. The average Bonchev–Trinajstić information content (AvgIpc) is 2.68. The molecule has 1 aromatic rings. The maximum absolute atomic E-state index is 6.13. The molecule has 0 saturated carbocycles. The highest BCUT2D eigenvalue weighted by molar-refractivity contribution is 9.10. The summed E-state index contributed by atoms with van der Waals surface area (Å²) >= 11 is 3.66. The minimum Gasteiger partial charge on any atom is -0.374 e. The summed E-state index contributed by atoms with van der Waals surface area (Å²) in [5.74, 6) is 0. The molecule has 0 aliphatic heterocycles. The highest BCUT2D eigenvalue weighted by atomic mass is 79.9. The minimum absolute atomic E-state index is 0.124. The van der Waals surface area contributed by atoms with E-state index in [2.05, 4.69) is 47.1 Å². The van der Waals surface area contributed by atoms with Gasteiger partial charge >= 0.3 is 0 Å². The van der Waals surface area contributed by atoms with Crippen LogP contribution in [0.25, 0.3) is 0 Å². The lowest BCUT2D eigenvalue weighted by Gasteiger charge is -2.39. The molecule has 1 unspecified atom stereocenters. The predicted octanol–water partition coefficient (Wildman–Crippen LogP) is 3.22. The van der Waals surface area contributed by atoms with Crippen LogP contribution in [-0.2, 0) is 18.2 Å². The Morgan fingerprint density at radius 2 is 1.95 bits per heavy atom. The molecule has 20 heavy (non-hydrogen) atoms. The number of hydrogen-bond acceptors (Lipinski definition) is 3. The van der Waals surface area contributed by atoms with Crippen molar-refractivity contribution in [3.8, 4) is 0 Å². The second-order valence-corrected chi connectivity index (χ2v) is 6.01. The normalized spacial score (nSPS) is 13.8. The summed E-state index contributed by atoms with van der Waals surface area (Å²) in [6.07, 6.45) is 2.89. The van der Waals surface area contributed by atoms with Gasteiger partial charge in [0, 0.05) is 26.1 Å². The number of rotatable bonds is 8. The van der Waals surface area contributed by atoms with E-state index in [0.717, 1.165) is 36.0 Å². The van der Waals surface area contributed by atoms with Gasteiger partial charge in [-0.25, -0.2) is 0 Å². The van der Waals surface area contributed by atoms with Gasteiger partial charge < -0.3 is 10.1 Å². The van der Waals surface area contributed by atoms with Crippen molar-refractivity contribution in [2.24, 2.45) is 7.05 Å². The molecule has 1 heterocycles. The first-order chi connectivity index (χ1) is 9.45. The zero-order valence-electron chi connectivity index (χ0n) is 13.6. The summed E-state index contributed by atoms with van der Waals surface area (Å²) in [7, 11) is 4.01. The van der Waals surface area contributed by atoms with Crippen LogP contribution in [0.15, 0.2) is 4.47 Å². The van der Waals surface area contributed by atoms with Gasteiger partial charge in [-0.1, -0.05) is 13.8 Å². The van der Waals surface area contributed by atoms with E-state index < -0.39 is 0 Å². The van der Waals surface area contributed by atoms with Gasteiger partial charge in [0.2, 0.25) is 0 Å². The molecule has 1 rings (SSSR count). The molecule has 4 nitrogen and oxygen atoms in total. The van der Waals surface area contributed by atoms with Gasteiger partial charge in [0.05, 0.1) is 21.5 Å². The summed E-state index contributed by atoms with van der Waals surface area (Å²) < 4.78 is 9.21. The molecule has 5 heteroatoms. The van der Waals surface area contributed by atoms with Gasteiger partial charge in [-0.3, -0.25) is 4.68 Å². The number of ether oxygens (including phenoxy) is 1. The third-order valence-electron chi connectivity index (χ3n) is 4.27. The van der Waals surface area contributed by atoms with Crippen LogP contribution in [0, 0.1) is 6.92 Å². The standard InChI is InChI=1S/C15H28BrN3O/c1-7-15(8-2,20-9-3)13(17-5)10-12-14(16)11(4)18-19(12)6/h13,17H,7-10H2,1-6H3. The Labute approximate surface area is 131 Å². The second-order valence-electron chi connectivity index (χ2n) is 5.22. The third kappa shape index (κ3) is 3.43. The molecule has 1 N–H and O–H groups in total. The molecule has 0 amide bonds. The fraction of sp³-hybridized carbons (Fsp3) is 0.800. The molecular weight excluding hydrogens is 318 g/mol. The molecule has 0 spiro atoms. The van der Waals surface area contributed by atoms with E-state index in [-0.39, 0.29) is 11.6 Å². The van der Waals surface area contributed by atoms with Gasteiger partial charge in [-0.15, -0.1) is 0 Å². The first kappa shape index (κ1) is 17.7. The molecule has 1 aromatic heterocycles.